The van der Waals surface area contributed by atoms with Gasteiger partial charge in [0.15, 0.2) is 0 Å². The third-order valence-electron chi connectivity index (χ3n) is 3.43. The van der Waals surface area contributed by atoms with Gasteiger partial charge in [-0.25, -0.2) is 4.79 Å². The first-order valence-electron chi connectivity index (χ1n) is 7.14. The van der Waals surface area contributed by atoms with Crippen LogP contribution in [-0.4, -0.2) is 43.5 Å². The molecule has 3 N–H and O–H groups in total. The molecule has 0 aliphatic carbocycles. The zero-order valence-electron chi connectivity index (χ0n) is 12.9. The second-order valence-electron chi connectivity index (χ2n) is 5.39. The summed E-state index contributed by atoms with van der Waals surface area (Å²) in [5.74, 6) is 0.0373. The van der Waals surface area contributed by atoms with Crippen LogP contribution in [0.4, 0.5) is 10.5 Å². The number of urea groups is 1. The van der Waals surface area contributed by atoms with Gasteiger partial charge in [0.2, 0.25) is 5.91 Å². The van der Waals surface area contributed by atoms with E-state index in [-0.39, 0.29) is 30.4 Å². The molecule has 1 atom stereocenters. The van der Waals surface area contributed by atoms with E-state index in [4.69, 9.17) is 0 Å². The van der Waals surface area contributed by atoms with Gasteiger partial charge in [0.1, 0.15) is 0 Å². The van der Waals surface area contributed by atoms with E-state index in [1.807, 2.05) is 24.3 Å². The molecule has 1 unspecified atom stereocenters. The molecule has 0 radical (unpaired) electrons. The lowest BCUT2D eigenvalue weighted by Crippen LogP contribution is -2.40. The Morgan fingerprint density at radius 3 is 2.77 bits per heavy atom. The number of halogens is 1. The highest BCUT2D eigenvalue weighted by Gasteiger charge is 2.21. The Kier molecular flexibility index (Phi) is 7.14. The van der Waals surface area contributed by atoms with Crippen molar-refractivity contribution in [3.05, 3.63) is 29.8 Å². The Hall–Kier alpha value is -1.79. The topological polar surface area (TPSA) is 73.5 Å². The number of carbonyl (C=O) groups excluding carboxylic acids is 2. The van der Waals surface area contributed by atoms with Crippen molar-refractivity contribution < 1.29 is 9.59 Å². The van der Waals surface area contributed by atoms with Crippen LogP contribution in [0, 0.1) is 0 Å². The number of hydrogen-bond donors (Lipinski definition) is 3. The molecule has 1 fully saturated rings. The van der Waals surface area contributed by atoms with Gasteiger partial charge in [-0.05, 0) is 37.1 Å². The summed E-state index contributed by atoms with van der Waals surface area (Å²) < 4.78 is 0. The van der Waals surface area contributed by atoms with E-state index in [1.54, 1.807) is 14.1 Å². The summed E-state index contributed by atoms with van der Waals surface area (Å²) in [6.45, 7) is 1.37. The molecule has 3 amide bonds. The summed E-state index contributed by atoms with van der Waals surface area (Å²) in [6.07, 6.45) is 1.94. The molecule has 0 spiro atoms. The number of rotatable bonds is 4. The van der Waals surface area contributed by atoms with Crippen molar-refractivity contribution in [1.29, 1.82) is 0 Å². The van der Waals surface area contributed by atoms with Crippen LogP contribution in [0.2, 0.25) is 0 Å². The molecule has 2 rings (SSSR count). The summed E-state index contributed by atoms with van der Waals surface area (Å²) in [5.41, 5.74) is 1.68. The van der Waals surface area contributed by atoms with Crippen LogP contribution in [0.5, 0.6) is 0 Å². The lowest BCUT2D eigenvalue weighted by molar-refractivity contribution is -0.122. The molecule has 0 bridgehead atoms. The van der Waals surface area contributed by atoms with Crippen LogP contribution in [-0.2, 0) is 11.3 Å². The van der Waals surface area contributed by atoms with Crippen LogP contribution in [0.15, 0.2) is 24.3 Å². The fourth-order valence-corrected chi connectivity index (χ4v) is 2.22. The molecule has 122 valence electrons. The van der Waals surface area contributed by atoms with Gasteiger partial charge in [-0.3, -0.25) is 4.79 Å². The first-order valence-corrected chi connectivity index (χ1v) is 7.14. The number of nitrogens with zero attached hydrogens (tertiary/aromatic N) is 1. The monoisotopic (exact) mass is 326 g/mol. The smallest absolute Gasteiger partial charge is 0.321 e. The zero-order chi connectivity index (χ0) is 15.2. The van der Waals surface area contributed by atoms with E-state index in [2.05, 4.69) is 16.0 Å². The third kappa shape index (κ3) is 5.20. The maximum Gasteiger partial charge on any atom is 0.321 e. The van der Waals surface area contributed by atoms with Crippen molar-refractivity contribution in [3.8, 4) is 0 Å². The number of anilines is 1. The predicted octanol–water partition coefficient (Wildman–Crippen LogP) is 1.57. The summed E-state index contributed by atoms with van der Waals surface area (Å²) >= 11 is 0. The molecule has 22 heavy (non-hydrogen) atoms. The van der Waals surface area contributed by atoms with Crippen LogP contribution >= 0.6 is 12.4 Å². The van der Waals surface area contributed by atoms with Gasteiger partial charge < -0.3 is 20.9 Å². The number of benzene rings is 1. The summed E-state index contributed by atoms with van der Waals surface area (Å²) in [4.78, 5) is 25.0. The molecule has 1 heterocycles. The number of carbonyl (C=O) groups is 2. The quantitative estimate of drug-likeness (QED) is 0.786. The average molecular weight is 327 g/mol. The Bertz CT molecular complexity index is 516. The fraction of sp³-hybridized carbons (Fsp3) is 0.467. The van der Waals surface area contributed by atoms with E-state index in [1.165, 1.54) is 4.90 Å². The SMILES string of the molecule is CN(C)C(=O)Nc1cccc(CNC(=O)C2CCCN2)c1.Cl. The van der Waals surface area contributed by atoms with Gasteiger partial charge in [0.05, 0.1) is 6.04 Å². The second kappa shape index (κ2) is 8.60. The van der Waals surface area contributed by atoms with Crippen molar-refractivity contribution in [2.45, 2.75) is 25.4 Å². The van der Waals surface area contributed by atoms with Gasteiger partial charge in [0.25, 0.3) is 0 Å². The van der Waals surface area contributed by atoms with Crippen LogP contribution in [0.25, 0.3) is 0 Å². The third-order valence-corrected chi connectivity index (χ3v) is 3.43. The Morgan fingerprint density at radius 2 is 2.14 bits per heavy atom. The molecule has 1 aliphatic heterocycles. The second-order valence-corrected chi connectivity index (χ2v) is 5.39. The van der Waals surface area contributed by atoms with E-state index in [0.717, 1.165) is 30.6 Å². The molecule has 1 aromatic rings. The summed E-state index contributed by atoms with van der Waals surface area (Å²) in [6, 6.07) is 7.23. The highest BCUT2D eigenvalue weighted by atomic mass is 35.5. The molecule has 6 nitrogen and oxygen atoms in total. The van der Waals surface area contributed by atoms with Crippen molar-refractivity contribution in [1.82, 2.24) is 15.5 Å². The molecule has 1 aliphatic rings. The van der Waals surface area contributed by atoms with Gasteiger partial charge in [-0.2, -0.15) is 0 Å². The van der Waals surface area contributed by atoms with Crippen molar-refractivity contribution in [3.63, 3.8) is 0 Å². The van der Waals surface area contributed by atoms with Gasteiger partial charge in [0, 0.05) is 26.3 Å². The lowest BCUT2D eigenvalue weighted by atomic mass is 10.2. The number of amides is 3. The van der Waals surface area contributed by atoms with Crippen molar-refractivity contribution >= 4 is 30.0 Å². The Balaban J connectivity index is 0.00000242. The Morgan fingerprint density at radius 1 is 1.36 bits per heavy atom. The minimum atomic E-state index is -0.175. The minimum Gasteiger partial charge on any atom is -0.351 e. The molecular formula is C15H23ClN4O2. The number of hydrogen-bond acceptors (Lipinski definition) is 3. The maximum atomic E-state index is 11.9. The van der Waals surface area contributed by atoms with Crippen molar-refractivity contribution in [2.24, 2.45) is 0 Å². The largest absolute Gasteiger partial charge is 0.351 e. The molecular weight excluding hydrogens is 304 g/mol. The summed E-state index contributed by atoms with van der Waals surface area (Å²) in [7, 11) is 3.38. The van der Waals surface area contributed by atoms with Gasteiger partial charge in [-0.1, -0.05) is 12.1 Å². The lowest BCUT2D eigenvalue weighted by Gasteiger charge is -2.14. The van der Waals surface area contributed by atoms with E-state index in [9.17, 15) is 9.59 Å². The average Bonchev–Trinajstić information content (AvgIpc) is 2.99. The molecule has 7 heteroatoms. The number of nitrogens with one attached hydrogen (secondary N) is 3. The van der Waals surface area contributed by atoms with E-state index >= 15 is 0 Å². The normalized spacial score (nSPS) is 16.5. The summed E-state index contributed by atoms with van der Waals surface area (Å²) in [5, 5.41) is 8.87. The zero-order valence-corrected chi connectivity index (χ0v) is 13.7. The van der Waals surface area contributed by atoms with Crippen LogP contribution < -0.4 is 16.0 Å². The Labute approximate surface area is 137 Å². The highest BCUT2D eigenvalue weighted by molar-refractivity contribution is 5.89. The first kappa shape index (κ1) is 18.3. The maximum absolute atomic E-state index is 11.9. The van der Waals surface area contributed by atoms with Crippen molar-refractivity contribution in [2.75, 3.05) is 26.0 Å². The highest BCUT2D eigenvalue weighted by Crippen LogP contribution is 2.11. The van der Waals surface area contributed by atoms with Crippen LogP contribution in [0.3, 0.4) is 0 Å². The molecule has 0 aromatic heterocycles. The van der Waals surface area contributed by atoms with E-state index < -0.39 is 0 Å². The molecule has 1 aromatic carbocycles. The first-order chi connectivity index (χ1) is 10.1. The van der Waals surface area contributed by atoms with Gasteiger partial charge in [-0.15, -0.1) is 12.4 Å². The van der Waals surface area contributed by atoms with E-state index in [0.29, 0.717) is 6.54 Å². The standard InChI is InChI=1S/C15H22N4O2.ClH/c1-19(2)15(21)18-12-6-3-5-11(9-12)10-17-14(20)13-7-4-8-16-13;/h3,5-6,9,13,16H,4,7-8,10H2,1-2H3,(H,17,20)(H,18,21);1H. The van der Waals surface area contributed by atoms with Gasteiger partial charge >= 0.3 is 6.03 Å². The molecule has 0 saturated carbocycles. The predicted molar refractivity (Wildman–Crippen MR) is 89.3 cm³/mol. The minimum absolute atomic E-state index is 0. The fourth-order valence-electron chi connectivity index (χ4n) is 2.22. The molecule has 1 saturated heterocycles. The van der Waals surface area contributed by atoms with Crippen LogP contribution in [0.1, 0.15) is 18.4 Å².